The zero-order chi connectivity index (χ0) is 13.4. The fraction of sp³-hybridized carbons (Fsp3) is 0.333. The van der Waals surface area contributed by atoms with Crippen molar-refractivity contribution in [1.29, 1.82) is 0 Å². The molecular formula is C15H15Cl2NO. The Bertz CT molecular complexity index is 573. The molecule has 1 aliphatic rings. The SMILES string of the molecule is CC1CC1c1ccc(CNc2cc(Cl)cc(Cl)c2)o1. The van der Waals surface area contributed by atoms with Gasteiger partial charge in [0.25, 0.3) is 0 Å². The Morgan fingerprint density at radius 2 is 1.89 bits per heavy atom. The fourth-order valence-corrected chi connectivity index (χ4v) is 2.78. The largest absolute Gasteiger partial charge is 0.464 e. The van der Waals surface area contributed by atoms with Gasteiger partial charge in [0.05, 0.1) is 6.54 Å². The molecule has 4 heteroatoms. The van der Waals surface area contributed by atoms with E-state index in [1.165, 1.54) is 6.42 Å². The van der Waals surface area contributed by atoms with Crippen molar-refractivity contribution in [2.75, 3.05) is 5.32 Å². The highest BCUT2D eigenvalue weighted by molar-refractivity contribution is 6.35. The summed E-state index contributed by atoms with van der Waals surface area (Å²) in [5, 5.41) is 4.52. The van der Waals surface area contributed by atoms with Crippen LogP contribution in [0.15, 0.2) is 34.7 Å². The summed E-state index contributed by atoms with van der Waals surface area (Å²) < 4.78 is 5.83. The highest BCUT2D eigenvalue weighted by Gasteiger charge is 2.36. The minimum atomic E-state index is 0.620. The van der Waals surface area contributed by atoms with E-state index in [-0.39, 0.29) is 0 Å². The van der Waals surface area contributed by atoms with Crippen LogP contribution in [0, 0.1) is 5.92 Å². The Labute approximate surface area is 122 Å². The summed E-state index contributed by atoms with van der Waals surface area (Å²) in [6.07, 6.45) is 1.24. The number of benzene rings is 1. The first-order valence-electron chi connectivity index (χ1n) is 6.40. The monoisotopic (exact) mass is 295 g/mol. The molecule has 1 aliphatic carbocycles. The molecule has 2 nitrogen and oxygen atoms in total. The van der Waals surface area contributed by atoms with Crippen LogP contribution in [0.1, 0.15) is 30.8 Å². The molecular weight excluding hydrogens is 281 g/mol. The van der Waals surface area contributed by atoms with Crippen molar-refractivity contribution in [2.45, 2.75) is 25.8 Å². The van der Waals surface area contributed by atoms with Crippen LogP contribution in [0.25, 0.3) is 0 Å². The number of anilines is 1. The fourth-order valence-electron chi connectivity index (χ4n) is 2.25. The quantitative estimate of drug-likeness (QED) is 0.825. The summed E-state index contributed by atoms with van der Waals surface area (Å²) in [6, 6.07) is 9.52. The first-order valence-corrected chi connectivity index (χ1v) is 7.16. The molecule has 0 radical (unpaired) electrons. The Kier molecular flexibility index (Phi) is 3.46. The first-order chi connectivity index (χ1) is 9.11. The molecule has 1 aromatic carbocycles. The van der Waals surface area contributed by atoms with E-state index >= 15 is 0 Å². The van der Waals surface area contributed by atoms with E-state index < -0.39 is 0 Å². The predicted octanol–water partition coefficient (Wildman–Crippen LogP) is 5.32. The summed E-state index contributed by atoms with van der Waals surface area (Å²) in [6.45, 7) is 2.89. The van der Waals surface area contributed by atoms with Crippen molar-refractivity contribution in [3.05, 3.63) is 51.9 Å². The Morgan fingerprint density at radius 1 is 1.21 bits per heavy atom. The molecule has 0 saturated heterocycles. The van der Waals surface area contributed by atoms with Crippen LogP contribution in [-0.4, -0.2) is 0 Å². The van der Waals surface area contributed by atoms with Crippen molar-refractivity contribution in [3.8, 4) is 0 Å². The average molecular weight is 296 g/mol. The number of hydrogen-bond acceptors (Lipinski definition) is 2. The summed E-state index contributed by atoms with van der Waals surface area (Å²) in [5.74, 6) is 3.42. The molecule has 0 amide bonds. The third-order valence-corrected chi connectivity index (χ3v) is 3.92. The summed E-state index contributed by atoms with van der Waals surface area (Å²) >= 11 is 11.9. The van der Waals surface area contributed by atoms with Gasteiger partial charge in [-0.15, -0.1) is 0 Å². The summed E-state index contributed by atoms with van der Waals surface area (Å²) in [5.41, 5.74) is 0.898. The van der Waals surface area contributed by atoms with Crippen LogP contribution in [0.4, 0.5) is 5.69 Å². The van der Waals surface area contributed by atoms with Gasteiger partial charge in [-0.2, -0.15) is 0 Å². The van der Waals surface area contributed by atoms with Gasteiger partial charge in [0.2, 0.25) is 0 Å². The third kappa shape index (κ3) is 3.07. The molecule has 1 N–H and O–H groups in total. The maximum atomic E-state index is 5.95. The van der Waals surface area contributed by atoms with Crippen LogP contribution in [0.5, 0.6) is 0 Å². The molecule has 0 aliphatic heterocycles. The molecule has 0 bridgehead atoms. The van der Waals surface area contributed by atoms with Crippen molar-refractivity contribution < 1.29 is 4.42 Å². The lowest BCUT2D eigenvalue weighted by Crippen LogP contribution is -1.97. The number of hydrogen-bond donors (Lipinski definition) is 1. The van der Waals surface area contributed by atoms with Gasteiger partial charge in [0.15, 0.2) is 0 Å². The average Bonchev–Trinajstić information content (AvgIpc) is 2.89. The number of rotatable bonds is 4. The third-order valence-electron chi connectivity index (χ3n) is 3.49. The Balaban J connectivity index is 1.64. The van der Waals surface area contributed by atoms with Crippen molar-refractivity contribution in [2.24, 2.45) is 5.92 Å². The molecule has 1 fully saturated rings. The van der Waals surface area contributed by atoms with Crippen molar-refractivity contribution in [3.63, 3.8) is 0 Å². The maximum Gasteiger partial charge on any atom is 0.123 e. The second-order valence-corrected chi connectivity index (χ2v) is 6.01. The maximum absolute atomic E-state index is 5.95. The Morgan fingerprint density at radius 3 is 2.53 bits per heavy atom. The molecule has 2 unspecified atom stereocenters. The zero-order valence-corrected chi connectivity index (χ0v) is 12.1. The molecule has 100 valence electrons. The number of halogens is 2. The second-order valence-electron chi connectivity index (χ2n) is 5.14. The van der Waals surface area contributed by atoms with Crippen LogP contribution in [-0.2, 0) is 6.54 Å². The van der Waals surface area contributed by atoms with Gasteiger partial charge in [0.1, 0.15) is 11.5 Å². The lowest BCUT2D eigenvalue weighted by Gasteiger charge is -2.05. The molecule has 19 heavy (non-hydrogen) atoms. The van der Waals surface area contributed by atoms with E-state index in [4.69, 9.17) is 27.6 Å². The number of nitrogens with one attached hydrogen (secondary N) is 1. The molecule has 0 spiro atoms. The zero-order valence-electron chi connectivity index (χ0n) is 10.6. The standard InChI is InChI=1S/C15H15Cl2NO/c1-9-4-14(9)15-3-2-13(19-15)8-18-12-6-10(16)5-11(17)7-12/h2-3,5-7,9,14,18H,4,8H2,1H3. The van der Waals surface area contributed by atoms with Gasteiger partial charge in [0, 0.05) is 21.7 Å². The van der Waals surface area contributed by atoms with Crippen molar-refractivity contribution >= 4 is 28.9 Å². The van der Waals surface area contributed by atoms with Crippen LogP contribution >= 0.6 is 23.2 Å². The molecule has 1 saturated carbocycles. The van der Waals surface area contributed by atoms with Gasteiger partial charge in [-0.1, -0.05) is 30.1 Å². The first kappa shape index (κ1) is 12.9. The van der Waals surface area contributed by atoms with Gasteiger partial charge >= 0.3 is 0 Å². The predicted molar refractivity (Wildman–Crippen MR) is 79.0 cm³/mol. The Hall–Kier alpha value is -1.12. The lowest BCUT2D eigenvalue weighted by molar-refractivity contribution is 0.468. The highest BCUT2D eigenvalue weighted by atomic mass is 35.5. The van der Waals surface area contributed by atoms with Crippen LogP contribution in [0.3, 0.4) is 0 Å². The normalized spacial score (nSPS) is 21.4. The lowest BCUT2D eigenvalue weighted by atomic mass is 10.3. The van der Waals surface area contributed by atoms with E-state index in [9.17, 15) is 0 Å². The smallest absolute Gasteiger partial charge is 0.123 e. The van der Waals surface area contributed by atoms with E-state index in [0.717, 1.165) is 23.1 Å². The van der Waals surface area contributed by atoms with Gasteiger partial charge in [-0.05, 0) is 42.7 Å². The second kappa shape index (κ2) is 5.10. The van der Waals surface area contributed by atoms with Crippen molar-refractivity contribution in [1.82, 2.24) is 0 Å². The summed E-state index contributed by atoms with van der Waals surface area (Å²) in [4.78, 5) is 0. The van der Waals surface area contributed by atoms with Gasteiger partial charge < -0.3 is 9.73 Å². The van der Waals surface area contributed by atoms with Gasteiger partial charge in [-0.25, -0.2) is 0 Å². The highest BCUT2D eigenvalue weighted by Crippen LogP contribution is 2.47. The molecule has 2 atom stereocenters. The molecule has 1 aromatic heterocycles. The van der Waals surface area contributed by atoms with E-state index in [2.05, 4.69) is 18.3 Å². The topological polar surface area (TPSA) is 25.2 Å². The minimum absolute atomic E-state index is 0.620. The number of furan rings is 1. The van der Waals surface area contributed by atoms with E-state index in [1.54, 1.807) is 6.07 Å². The molecule has 1 heterocycles. The van der Waals surface area contributed by atoms with Crippen LogP contribution < -0.4 is 5.32 Å². The van der Waals surface area contributed by atoms with Crippen LogP contribution in [0.2, 0.25) is 10.0 Å². The minimum Gasteiger partial charge on any atom is -0.464 e. The molecule has 2 aromatic rings. The van der Waals surface area contributed by atoms with E-state index in [1.807, 2.05) is 18.2 Å². The van der Waals surface area contributed by atoms with Gasteiger partial charge in [-0.3, -0.25) is 0 Å². The van der Waals surface area contributed by atoms with E-state index in [0.29, 0.717) is 22.5 Å². The summed E-state index contributed by atoms with van der Waals surface area (Å²) in [7, 11) is 0. The molecule has 3 rings (SSSR count).